The monoisotopic (exact) mass is 193 g/mol. The molecule has 2 rings (SSSR count). The summed E-state index contributed by atoms with van der Waals surface area (Å²) in [6.45, 7) is 0. The standard InChI is InChI=1S/C8H4FN3O2/c9-8-4-10-7-3-5(12(13)14)1-2-6(7)11-8/h1-4H. The molecule has 14 heavy (non-hydrogen) atoms. The van der Waals surface area contributed by atoms with E-state index in [1.807, 2.05) is 0 Å². The van der Waals surface area contributed by atoms with E-state index >= 15 is 0 Å². The summed E-state index contributed by atoms with van der Waals surface area (Å²) in [5.74, 6) is -0.702. The molecule has 0 saturated carbocycles. The van der Waals surface area contributed by atoms with Crippen LogP contribution in [0.15, 0.2) is 24.4 Å². The minimum absolute atomic E-state index is 0.0848. The number of halogens is 1. The van der Waals surface area contributed by atoms with Gasteiger partial charge in [0.1, 0.15) is 0 Å². The Morgan fingerprint density at radius 3 is 2.86 bits per heavy atom. The van der Waals surface area contributed by atoms with E-state index < -0.39 is 10.9 Å². The molecule has 0 fully saturated rings. The lowest BCUT2D eigenvalue weighted by molar-refractivity contribution is -0.384. The zero-order valence-electron chi connectivity index (χ0n) is 6.85. The third-order valence-corrected chi connectivity index (χ3v) is 1.71. The molecule has 6 heteroatoms. The molecule has 1 aromatic carbocycles. The molecule has 2 aromatic rings. The Balaban J connectivity index is 2.67. The van der Waals surface area contributed by atoms with Gasteiger partial charge in [-0.3, -0.25) is 10.1 Å². The number of fused-ring (bicyclic) bond motifs is 1. The van der Waals surface area contributed by atoms with Crippen molar-refractivity contribution in [2.45, 2.75) is 0 Å². The highest BCUT2D eigenvalue weighted by Crippen LogP contribution is 2.17. The van der Waals surface area contributed by atoms with Crippen molar-refractivity contribution in [3.8, 4) is 0 Å². The van der Waals surface area contributed by atoms with Crippen molar-refractivity contribution in [1.82, 2.24) is 9.97 Å². The molecule has 0 bridgehead atoms. The summed E-state index contributed by atoms with van der Waals surface area (Å²) < 4.78 is 12.6. The summed E-state index contributed by atoms with van der Waals surface area (Å²) in [6, 6.07) is 3.88. The Morgan fingerprint density at radius 1 is 1.36 bits per heavy atom. The van der Waals surface area contributed by atoms with Crippen molar-refractivity contribution in [1.29, 1.82) is 0 Å². The lowest BCUT2D eigenvalue weighted by atomic mass is 10.3. The average Bonchev–Trinajstić information content (AvgIpc) is 2.16. The molecule has 5 nitrogen and oxygen atoms in total. The molecule has 0 spiro atoms. The van der Waals surface area contributed by atoms with Gasteiger partial charge in [0.05, 0.1) is 22.2 Å². The van der Waals surface area contributed by atoms with Crippen LogP contribution in [0.1, 0.15) is 0 Å². The van der Waals surface area contributed by atoms with Crippen LogP contribution in [-0.2, 0) is 0 Å². The summed E-state index contributed by atoms with van der Waals surface area (Å²) in [4.78, 5) is 17.1. The Morgan fingerprint density at radius 2 is 2.14 bits per heavy atom. The predicted octanol–water partition coefficient (Wildman–Crippen LogP) is 1.68. The highest BCUT2D eigenvalue weighted by molar-refractivity contribution is 5.76. The van der Waals surface area contributed by atoms with E-state index in [0.29, 0.717) is 11.0 Å². The molecule has 0 radical (unpaired) electrons. The van der Waals surface area contributed by atoms with E-state index in [-0.39, 0.29) is 5.69 Å². The number of nitro groups is 1. The Kier molecular flexibility index (Phi) is 1.81. The molecular formula is C8H4FN3O2. The van der Waals surface area contributed by atoms with Gasteiger partial charge in [-0.1, -0.05) is 0 Å². The zero-order valence-corrected chi connectivity index (χ0v) is 6.85. The maximum Gasteiger partial charge on any atom is 0.271 e. The molecule has 0 aliphatic rings. The maximum atomic E-state index is 12.6. The highest BCUT2D eigenvalue weighted by atomic mass is 19.1. The lowest BCUT2D eigenvalue weighted by Gasteiger charge is -1.95. The number of nitro benzene ring substituents is 1. The predicted molar refractivity (Wildman–Crippen MR) is 46.2 cm³/mol. The summed E-state index contributed by atoms with van der Waals surface area (Å²) in [5, 5.41) is 10.4. The van der Waals surface area contributed by atoms with E-state index in [1.54, 1.807) is 0 Å². The topological polar surface area (TPSA) is 68.9 Å². The van der Waals surface area contributed by atoms with Crippen molar-refractivity contribution in [3.05, 3.63) is 40.5 Å². The molecule has 0 atom stereocenters. The summed E-state index contributed by atoms with van der Waals surface area (Å²) in [6.07, 6.45) is 0.923. The van der Waals surface area contributed by atoms with E-state index in [9.17, 15) is 14.5 Å². The van der Waals surface area contributed by atoms with Crippen LogP contribution in [-0.4, -0.2) is 14.9 Å². The van der Waals surface area contributed by atoms with Crippen molar-refractivity contribution < 1.29 is 9.31 Å². The number of non-ortho nitro benzene ring substituents is 1. The molecule has 0 amide bonds. The molecule has 1 heterocycles. The molecule has 0 N–H and O–H groups in total. The molecule has 0 saturated heterocycles. The average molecular weight is 193 g/mol. The van der Waals surface area contributed by atoms with Gasteiger partial charge >= 0.3 is 0 Å². The van der Waals surface area contributed by atoms with Gasteiger partial charge in [0.25, 0.3) is 5.69 Å². The number of aromatic nitrogens is 2. The number of hydrogen-bond donors (Lipinski definition) is 0. The first kappa shape index (κ1) is 8.49. The van der Waals surface area contributed by atoms with E-state index in [0.717, 1.165) is 6.20 Å². The van der Waals surface area contributed by atoms with Crippen LogP contribution in [0.5, 0.6) is 0 Å². The molecule has 0 aliphatic heterocycles. The lowest BCUT2D eigenvalue weighted by Crippen LogP contribution is -1.91. The van der Waals surface area contributed by atoms with Crippen molar-refractivity contribution in [3.63, 3.8) is 0 Å². The van der Waals surface area contributed by atoms with Gasteiger partial charge in [0, 0.05) is 12.1 Å². The molecular weight excluding hydrogens is 189 g/mol. The smallest absolute Gasteiger partial charge is 0.258 e. The second kappa shape index (κ2) is 2.99. The zero-order chi connectivity index (χ0) is 10.1. The first-order valence-corrected chi connectivity index (χ1v) is 3.73. The quantitative estimate of drug-likeness (QED) is 0.510. The maximum absolute atomic E-state index is 12.6. The SMILES string of the molecule is O=[N+]([O-])c1ccc2nc(F)cnc2c1. The second-order valence-electron chi connectivity index (χ2n) is 2.62. The third-order valence-electron chi connectivity index (χ3n) is 1.71. The van der Waals surface area contributed by atoms with Crippen LogP contribution in [0.2, 0.25) is 0 Å². The molecule has 0 unspecified atom stereocenters. The van der Waals surface area contributed by atoms with Crippen LogP contribution in [0.4, 0.5) is 10.1 Å². The Hall–Kier alpha value is -2.11. The molecule has 0 aliphatic carbocycles. The fourth-order valence-electron chi connectivity index (χ4n) is 1.09. The number of hydrogen-bond acceptors (Lipinski definition) is 4. The molecule has 1 aromatic heterocycles. The van der Waals surface area contributed by atoms with Gasteiger partial charge in [0.15, 0.2) is 0 Å². The first-order chi connectivity index (χ1) is 6.66. The van der Waals surface area contributed by atoms with Crippen molar-refractivity contribution >= 4 is 16.7 Å². The first-order valence-electron chi connectivity index (χ1n) is 3.73. The Bertz CT molecular complexity index is 515. The highest BCUT2D eigenvalue weighted by Gasteiger charge is 2.07. The van der Waals surface area contributed by atoms with Crippen LogP contribution < -0.4 is 0 Å². The van der Waals surface area contributed by atoms with Crippen molar-refractivity contribution in [2.75, 3.05) is 0 Å². The van der Waals surface area contributed by atoms with E-state index in [1.165, 1.54) is 18.2 Å². The third kappa shape index (κ3) is 1.37. The largest absolute Gasteiger partial charge is 0.271 e. The second-order valence-corrected chi connectivity index (χ2v) is 2.62. The minimum Gasteiger partial charge on any atom is -0.258 e. The van der Waals surface area contributed by atoms with Crippen LogP contribution >= 0.6 is 0 Å². The number of rotatable bonds is 1. The van der Waals surface area contributed by atoms with Crippen LogP contribution in [0.25, 0.3) is 11.0 Å². The van der Waals surface area contributed by atoms with E-state index in [2.05, 4.69) is 9.97 Å². The Labute approximate surface area is 77.4 Å². The fraction of sp³-hybridized carbons (Fsp3) is 0. The molecule has 70 valence electrons. The van der Waals surface area contributed by atoms with Gasteiger partial charge in [-0.2, -0.15) is 4.39 Å². The summed E-state index contributed by atoms with van der Waals surface area (Å²) in [5.41, 5.74) is 0.523. The summed E-state index contributed by atoms with van der Waals surface area (Å²) in [7, 11) is 0. The van der Waals surface area contributed by atoms with Crippen molar-refractivity contribution in [2.24, 2.45) is 0 Å². The van der Waals surface area contributed by atoms with Gasteiger partial charge in [0.2, 0.25) is 5.95 Å². The fourth-order valence-corrected chi connectivity index (χ4v) is 1.09. The van der Waals surface area contributed by atoms with Crippen LogP contribution in [0, 0.1) is 16.1 Å². The van der Waals surface area contributed by atoms with Gasteiger partial charge in [-0.05, 0) is 6.07 Å². The summed E-state index contributed by atoms with van der Waals surface area (Å²) >= 11 is 0. The number of benzene rings is 1. The van der Waals surface area contributed by atoms with Gasteiger partial charge < -0.3 is 0 Å². The van der Waals surface area contributed by atoms with E-state index in [4.69, 9.17) is 0 Å². The normalized spacial score (nSPS) is 10.4. The van der Waals surface area contributed by atoms with Gasteiger partial charge in [-0.15, -0.1) is 0 Å². The van der Waals surface area contributed by atoms with Gasteiger partial charge in [-0.25, -0.2) is 9.97 Å². The number of nitrogens with zero attached hydrogens (tertiary/aromatic N) is 3. The minimum atomic E-state index is -0.702. The van der Waals surface area contributed by atoms with Crippen LogP contribution in [0.3, 0.4) is 0 Å².